The van der Waals surface area contributed by atoms with Gasteiger partial charge >= 0.3 is 0 Å². The lowest BCUT2D eigenvalue weighted by Gasteiger charge is -1.99. The van der Waals surface area contributed by atoms with Crippen molar-refractivity contribution in [2.75, 3.05) is 0 Å². The first-order valence-corrected chi connectivity index (χ1v) is 6.57. The highest BCUT2D eigenvalue weighted by molar-refractivity contribution is 7.97. The molecule has 0 saturated heterocycles. The van der Waals surface area contributed by atoms with E-state index < -0.39 is 0 Å². The smallest absolute Gasteiger partial charge is 0.194 e. The van der Waals surface area contributed by atoms with E-state index in [2.05, 4.69) is 66.3 Å². The quantitative estimate of drug-likeness (QED) is 0.730. The number of benzene rings is 1. The van der Waals surface area contributed by atoms with Gasteiger partial charge in [0.05, 0.1) is 0 Å². The molecule has 0 atom stereocenters. The molecule has 0 N–H and O–H groups in total. The van der Waals surface area contributed by atoms with Crippen LogP contribution in [0.1, 0.15) is 11.1 Å². The van der Waals surface area contributed by atoms with Crippen LogP contribution >= 0.6 is 11.8 Å². The molecule has 0 aliphatic heterocycles. The fourth-order valence-corrected chi connectivity index (χ4v) is 2.47. The number of thioether (sulfide) groups is 1. The third-order valence-electron chi connectivity index (χ3n) is 2.36. The van der Waals surface area contributed by atoms with E-state index in [4.69, 9.17) is 0 Å². The highest BCUT2D eigenvalue weighted by Crippen LogP contribution is 2.11. The summed E-state index contributed by atoms with van der Waals surface area (Å²) in [6, 6.07) is 14.8. The van der Waals surface area contributed by atoms with Crippen LogP contribution in [0.2, 0.25) is 0 Å². The lowest BCUT2D eigenvalue weighted by molar-refractivity contribution is -0.676. The molecule has 2 heteroatoms. The zero-order valence-corrected chi connectivity index (χ0v) is 10.3. The fraction of sp³-hybridized carbons (Fsp3) is 0.214. The standard InChI is InChI=1S/C14H16NS/c1-13-6-5-9-15(10-13)12-16-11-14-7-3-2-4-8-14/h2-10H,11-12H2,1H3/q+1. The minimum Gasteiger partial charge on any atom is -0.195 e. The van der Waals surface area contributed by atoms with E-state index in [0.29, 0.717) is 0 Å². The van der Waals surface area contributed by atoms with E-state index in [1.54, 1.807) is 0 Å². The number of rotatable bonds is 4. The summed E-state index contributed by atoms with van der Waals surface area (Å²) in [5.74, 6) is 2.08. The summed E-state index contributed by atoms with van der Waals surface area (Å²) in [7, 11) is 0. The maximum atomic E-state index is 2.23. The normalized spacial score (nSPS) is 10.3. The van der Waals surface area contributed by atoms with Crippen LogP contribution in [0, 0.1) is 6.92 Å². The SMILES string of the molecule is Cc1ccc[n+](CSCc2ccccc2)c1. The Kier molecular flexibility index (Phi) is 4.00. The molecule has 0 fully saturated rings. The summed E-state index contributed by atoms with van der Waals surface area (Å²) in [6.07, 6.45) is 4.29. The number of aryl methyl sites for hydroxylation is 1. The lowest BCUT2D eigenvalue weighted by atomic mass is 10.2. The van der Waals surface area contributed by atoms with Crippen LogP contribution in [0.5, 0.6) is 0 Å². The number of nitrogens with zero attached hydrogens (tertiary/aromatic N) is 1. The Hall–Kier alpha value is -1.28. The summed E-state index contributed by atoms with van der Waals surface area (Å²) >= 11 is 1.93. The molecule has 0 bridgehead atoms. The van der Waals surface area contributed by atoms with Crippen molar-refractivity contribution in [3.8, 4) is 0 Å². The van der Waals surface area contributed by atoms with Gasteiger partial charge in [0.1, 0.15) is 0 Å². The van der Waals surface area contributed by atoms with E-state index in [9.17, 15) is 0 Å². The molecule has 0 unspecified atom stereocenters. The van der Waals surface area contributed by atoms with E-state index in [-0.39, 0.29) is 0 Å². The second-order valence-electron chi connectivity index (χ2n) is 3.86. The summed E-state index contributed by atoms with van der Waals surface area (Å²) in [5, 5.41) is 0. The first-order chi connectivity index (χ1) is 7.84. The molecule has 0 amide bonds. The molecule has 0 radical (unpaired) electrons. The first kappa shape index (κ1) is 11.2. The van der Waals surface area contributed by atoms with Gasteiger partial charge in [0.15, 0.2) is 18.3 Å². The molecular weight excluding hydrogens is 214 g/mol. The second-order valence-corrected chi connectivity index (χ2v) is 4.81. The van der Waals surface area contributed by atoms with Crippen molar-refractivity contribution in [2.45, 2.75) is 18.6 Å². The van der Waals surface area contributed by atoms with E-state index >= 15 is 0 Å². The molecule has 0 spiro atoms. The van der Waals surface area contributed by atoms with Gasteiger partial charge in [0.2, 0.25) is 0 Å². The molecule has 1 aromatic heterocycles. The zero-order valence-electron chi connectivity index (χ0n) is 9.47. The minimum absolute atomic E-state index is 1.01. The second kappa shape index (κ2) is 5.71. The summed E-state index contributed by atoms with van der Waals surface area (Å²) < 4.78 is 2.23. The van der Waals surface area contributed by atoms with Crippen molar-refractivity contribution >= 4 is 11.8 Å². The maximum absolute atomic E-state index is 2.23. The molecule has 0 saturated carbocycles. The van der Waals surface area contributed by atoms with Crippen molar-refractivity contribution in [1.82, 2.24) is 0 Å². The van der Waals surface area contributed by atoms with Gasteiger partial charge in [0.25, 0.3) is 0 Å². The van der Waals surface area contributed by atoms with Gasteiger partial charge in [-0.25, -0.2) is 0 Å². The van der Waals surface area contributed by atoms with E-state index in [1.165, 1.54) is 11.1 Å². The Morgan fingerprint density at radius 2 is 1.88 bits per heavy atom. The highest BCUT2D eigenvalue weighted by Gasteiger charge is 2.00. The van der Waals surface area contributed by atoms with Crippen LogP contribution in [-0.2, 0) is 11.6 Å². The maximum Gasteiger partial charge on any atom is 0.194 e. The van der Waals surface area contributed by atoms with Crippen molar-refractivity contribution in [1.29, 1.82) is 0 Å². The fourth-order valence-electron chi connectivity index (χ4n) is 1.58. The molecule has 82 valence electrons. The average Bonchev–Trinajstić information content (AvgIpc) is 2.30. The Balaban J connectivity index is 1.85. The molecular formula is C14H16NS+. The summed E-state index contributed by atoms with van der Waals surface area (Å²) in [6.45, 7) is 2.12. The van der Waals surface area contributed by atoms with Gasteiger partial charge < -0.3 is 0 Å². The van der Waals surface area contributed by atoms with Crippen LogP contribution in [0.25, 0.3) is 0 Å². The van der Waals surface area contributed by atoms with Crippen LogP contribution in [0.15, 0.2) is 54.9 Å². The number of hydrogen-bond acceptors (Lipinski definition) is 1. The Morgan fingerprint density at radius 3 is 2.62 bits per heavy atom. The third-order valence-corrected chi connectivity index (χ3v) is 3.38. The number of aromatic nitrogens is 1. The van der Waals surface area contributed by atoms with Gasteiger partial charge in [-0.3, -0.25) is 0 Å². The molecule has 2 aromatic rings. The summed E-state index contributed by atoms with van der Waals surface area (Å²) in [4.78, 5) is 0. The zero-order chi connectivity index (χ0) is 11.2. The monoisotopic (exact) mass is 230 g/mol. The third kappa shape index (κ3) is 3.38. The Morgan fingerprint density at radius 1 is 1.06 bits per heavy atom. The van der Waals surface area contributed by atoms with Gasteiger partial charge in [-0.05, 0) is 18.6 Å². The molecule has 0 aliphatic rings. The van der Waals surface area contributed by atoms with Crippen LogP contribution in [-0.4, -0.2) is 0 Å². The average molecular weight is 230 g/mol. The van der Waals surface area contributed by atoms with Crippen molar-refractivity contribution < 1.29 is 4.57 Å². The van der Waals surface area contributed by atoms with Crippen molar-refractivity contribution in [3.05, 3.63) is 66.0 Å². The Bertz CT molecular complexity index is 439. The van der Waals surface area contributed by atoms with Gasteiger partial charge in [-0.1, -0.05) is 42.1 Å². The summed E-state index contributed by atoms with van der Waals surface area (Å²) in [5.41, 5.74) is 2.70. The predicted molar refractivity (Wildman–Crippen MR) is 69.1 cm³/mol. The minimum atomic E-state index is 1.01. The lowest BCUT2D eigenvalue weighted by Crippen LogP contribution is -2.31. The molecule has 1 aromatic carbocycles. The molecule has 1 nitrogen and oxygen atoms in total. The van der Waals surface area contributed by atoms with Gasteiger partial charge in [-0.15, -0.1) is 0 Å². The van der Waals surface area contributed by atoms with Crippen molar-refractivity contribution in [3.63, 3.8) is 0 Å². The van der Waals surface area contributed by atoms with E-state index in [0.717, 1.165) is 11.6 Å². The van der Waals surface area contributed by atoms with Crippen LogP contribution < -0.4 is 4.57 Å². The van der Waals surface area contributed by atoms with Crippen molar-refractivity contribution in [2.24, 2.45) is 0 Å². The largest absolute Gasteiger partial charge is 0.195 e. The van der Waals surface area contributed by atoms with Gasteiger partial charge in [0, 0.05) is 17.4 Å². The van der Waals surface area contributed by atoms with E-state index in [1.807, 2.05) is 11.8 Å². The van der Waals surface area contributed by atoms with Crippen LogP contribution in [0.3, 0.4) is 0 Å². The molecule has 0 aliphatic carbocycles. The topological polar surface area (TPSA) is 3.88 Å². The predicted octanol–water partition coefficient (Wildman–Crippen LogP) is 3.17. The highest BCUT2D eigenvalue weighted by atomic mass is 32.2. The Labute approximate surface area is 101 Å². The van der Waals surface area contributed by atoms with Crippen LogP contribution in [0.4, 0.5) is 0 Å². The molecule has 1 heterocycles. The first-order valence-electron chi connectivity index (χ1n) is 5.42. The molecule has 2 rings (SSSR count). The molecule has 16 heavy (non-hydrogen) atoms. The van der Waals surface area contributed by atoms with Gasteiger partial charge in [-0.2, -0.15) is 4.57 Å². The number of pyridine rings is 1. The number of hydrogen-bond donors (Lipinski definition) is 0.